The molecule has 0 saturated heterocycles. The number of aliphatic carboxylic acids is 1. The lowest BCUT2D eigenvalue weighted by Gasteiger charge is -2.24. The molecule has 6 N–H and O–H groups in total. The van der Waals surface area contributed by atoms with Crippen LogP contribution in [0.2, 0.25) is 0 Å². The second-order valence-corrected chi connectivity index (χ2v) is 6.19. The van der Waals surface area contributed by atoms with Gasteiger partial charge >= 0.3 is 5.97 Å². The van der Waals surface area contributed by atoms with Gasteiger partial charge in [0.1, 0.15) is 12.1 Å². The number of nitrogens with one attached hydrogen (secondary N) is 2. The number of rotatable bonds is 10. The van der Waals surface area contributed by atoms with Crippen molar-refractivity contribution in [3.05, 3.63) is 0 Å². The molecule has 0 aromatic carbocycles. The van der Waals surface area contributed by atoms with Crippen molar-refractivity contribution >= 4 is 17.8 Å². The van der Waals surface area contributed by atoms with Gasteiger partial charge in [0.25, 0.3) is 0 Å². The van der Waals surface area contributed by atoms with E-state index in [4.69, 9.17) is 10.8 Å². The van der Waals surface area contributed by atoms with Gasteiger partial charge in [0.15, 0.2) is 0 Å². The Hall–Kier alpha value is -1.67. The van der Waals surface area contributed by atoms with Gasteiger partial charge in [-0.05, 0) is 18.3 Å². The van der Waals surface area contributed by atoms with Crippen LogP contribution >= 0.6 is 0 Å². The summed E-state index contributed by atoms with van der Waals surface area (Å²) in [6, 6.07) is -3.10. The summed E-state index contributed by atoms with van der Waals surface area (Å²) in [5.74, 6) is -2.53. The Morgan fingerprint density at radius 2 is 1.65 bits per heavy atom. The topological polar surface area (TPSA) is 142 Å². The summed E-state index contributed by atoms with van der Waals surface area (Å²) in [4.78, 5) is 35.2. The van der Waals surface area contributed by atoms with E-state index in [9.17, 15) is 19.5 Å². The number of nitrogens with two attached hydrogens (primary N) is 1. The SMILES string of the molecule is CC[C@H](C)[C@H](NC(=O)[C@H](CO)NC(=O)[C@@H](N)CC(C)C)C(=O)O. The second kappa shape index (κ2) is 10.2. The number of aliphatic hydroxyl groups is 1. The fourth-order valence-electron chi connectivity index (χ4n) is 2.02. The van der Waals surface area contributed by atoms with E-state index >= 15 is 0 Å². The molecule has 0 unspecified atom stereocenters. The van der Waals surface area contributed by atoms with Gasteiger partial charge < -0.3 is 26.6 Å². The molecule has 0 aromatic heterocycles. The molecular formula is C15H29N3O5. The van der Waals surface area contributed by atoms with E-state index in [1.807, 2.05) is 20.8 Å². The minimum absolute atomic E-state index is 0.207. The molecule has 4 atom stereocenters. The third-order valence-corrected chi connectivity index (χ3v) is 3.65. The van der Waals surface area contributed by atoms with Gasteiger partial charge in [0, 0.05) is 0 Å². The smallest absolute Gasteiger partial charge is 0.326 e. The highest BCUT2D eigenvalue weighted by Gasteiger charge is 2.30. The lowest BCUT2D eigenvalue weighted by Crippen LogP contribution is -2.57. The molecule has 8 heteroatoms. The summed E-state index contributed by atoms with van der Waals surface area (Å²) in [5, 5.41) is 23.2. The van der Waals surface area contributed by atoms with Crippen LogP contribution in [-0.4, -0.2) is 52.7 Å². The Kier molecular flexibility index (Phi) is 9.43. The molecule has 0 aliphatic heterocycles. The highest BCUT2D eigenvalue weighted by molar-refractivity contribution is 5.91. The minimum atomic E-state index is -1.23. The highest BCUT2D eigenvalue weighted by atomic mass is 16.4. The van der Waals surface area contributed by atoms with Gasteiger partial charge in [-0.25, -0.2) is 4.79 Å². The minimum Gasteiger partial charge on any atom is -0.480 e. The number of aliphatic hydroxyl groups excluding tert-OH is 1. The van der Waals surface area contributed by atoms with Crippen LogP contribution in [0.15, 0.2) is 0 Å². The van der Waals surface area contributed by atoms with E-state index in [1.54, 1.807) is 6.92 Å². The number of carboxylic acids is 1. The maximum Gasteiger partial charge on any atom is 0.326 e. The van der Waals surface area contributed by atoms with Gasteiger partial charge in [0.2, 0.25) is 11.8 Å². The first-order valence-corrected chi connectivity index (χ1v) is 7.83. The van der Waals surface area contributed by atoms with Crippen LogP contribution in [-0.2, 0) is 14.4 Å². The quantitative estimate of drug-likeness (QED) is 0.364. The summed E-state index contributed by atoms with van der Waals surface area (Å²) in [6.45, 7) is 6.69. The van der Waals surface area contributed by atoms with E-state index in [-0.39, 0.29) is 11.8 Å². The third kappa shape index (κ3) is 7.43. The fraction of sp³-hybridized carbons (Fsp3) is 0.800. The molecule has 0 radical (unpaired) electrons. The summed E-state index contributed by atoms with van der Waals surface area (Å²) in [6.07, 6.45) is 1.00. The molecule has 8 nitrogen and oxygen atoms in total. The third-order valence-electron chi connectivity index (χ3n) is 3.65. The summed E-state index contributed by atoms with van der Waals surface area (Å²) >= 11 is 0. The van der Waals surface area contributed by atoms with Gasteiger partial charge in [-0.2, -0.15) is 0 Å². The van der Waals surface area contributed by atoms with Crippen LogP contribution in [0.3, 0.4) is 0 Å². The van der Waals surface area contributed by atoms with Crippen molar-refractivity contribution < 1.29 is 24.6 Å². The Labute approximate surface area is 136 Å². The number of amides is 2. The van der Waals surface area contributed by atoms with Crippen molar-refractivity contribution in [1.29, 1.82) is 0 Å². The molecule has 0 heterocycles. The van der Waals surface area contributed by atoms with Crippen molar-refractivity contribution in [3.63, 3.8) is 0 Å². The van der Waals surface area contributed by atoms with Crippen LogP contribution in [0, 0.1) is 11.8 Å². The van der Waals surface area contributed by atoms with Crippen LogP contribution < -0.4 is 16.4 Å². The molecule has 134 valence electrons. The molecule has 0 bridgehead atoms. The van der Waals surface area contributed by atoms with Crippen LogP contribution in [0.5, 0.6) is 0 Å². The average Bonchev–Trinajstić information content (AvgIpc) is 2.47. The van der Waals surface area contributed by atoms with Crippen molar-refractivity contribution in [2.45, 2.75) is 58.7 Å². The zero-order chi connectivity index (χ0) is 18.2. The number of carboxylic acid groups (broad SMARTS) is 1. The van der Waals surface area contributed by atoms with E-state index in [0.717, 1.165) is 0 Å². The average molecular weight is 331 g/mol. The monoisotopic (exact) mass is 331 g/mol. The van der Waals surface area contributed by atoms with E-state index in [1.165, 1.54) is 0 Å². The van der Waals surface area contributed by atoms with E-state index in [2.05, 4.69) is 10.6 Å². The lowest BCUT2D eigenvalue weighted by molar-refractivity contribution is -0.144. The van der Waals surface area contributed by atoms with Crippen molar-refractivity contribution in [1.82, 2.24) is 10.6 Å². The van der Waals surface area contributed by atoms with E-state index < -0.39 is 42.5 Å². The van der Waals surface area contributed by atoms with Crippen LogP contribution in [0.4, 0.5) is 0 Å². The summed E-state index contributed by atoms with van der Waals surface area (Å²) < 4.78 is 0. The first-order valence-electron chi connectivity index (χ1n) is 7.83. The van der Waals surface area contributed by atoms with Gasteiger partial charge in [-0.3, -0.25) is 9.59 Å². The normalized spacial score (nSPS) is 16.3. The summed E-state index contributed by atoms with van der Waals surface area (Å²) in [7, 11) is 0. The first kappa shape index (κ1) is 21.3. The molecule has 0 fully saturated rings. The lowest BCUT2D eigenvalue weighted by atomic mass is 9.99. The predicted molar refractivity (Wildman–Crippen MR) is 85.5 cm³/mol. The van der Waals surface area contributed by atoms with E-state index in [0.29, 0.717) is 12.8 Å². The Balaban J connectivity index is 4.79. The Morgan fingerprint density at radius 3 is 2.04 bits per heavy atom. The summed E-state index contributed by atoms with van der Waals surface area (Å²) in [5.41, 5.74) is 5.72. The maximum absolute atomic E-state index is 12.1. The molecule has 23 heavy (non-hydrogen) atoms. The van der Waals surface area contributed by atoms with Crippen molar-refractivity contribution in [2.75, 3.05) is 6.61 Å². The number of hydrogen-bond donors (Lipinski definition) is 5. The predicted octanol–water partition coefficient (Wildman–Crippen LogP) is -0.548. The molecular weight excluding hydrogens is 302 g/mol. The molecule has 0 aliphatic carbocycles. The molecule has 0 aliphatic rings. The van der Waals surface area contributed by atoms with Crippen LogP contribution in [0.1, 0.15) is 40.5 Å². The Bertz CT molecular complexity index is 414. The number of hydrogen-bond acceptors (Lipinski definition) is 5. The van der Waals surface area contributed by atoms with Gasteiger partial charge in [-0.15, -0.1) is 0 Å². The Morgan fingerprint density at radius 1 is 1.09 bits per heavy atom. The molecule has 0 saturated carbocycles. The molecule has 2 amide bonds. The highest BCUT2D eigenvalue weighted by Crippen LogP contribution is 2.08. The molecule has 0 aromatic rings. The first-order chi connectivity index (χ1) is 10.6. The number of carbonyl (C=O) groups is 3. The zero-order valence-electron chi connectivity index (χ0n) is 14.2. The fourth-order valence-corrected chi connectivity index (χ4v) is 2.02. The standard InChI is InChI=1S/C15H29N3O5/c1-5-9(4)12(15(22)23)18-14(21)11(7-19)17-13(20)10(16)6-8(2)3/h8-12,19H,5-7,16H2,1-4H3,(H,17,20)(H,18,21)(H,22,23)/t9-,10-,11-,12-/m0/s1. The zero-order valence-corrected chi connectivity index (χ0v) is 14.2. The van der Waals surface area contributed by atoms with Gasteiger partial charge in [0.05, 0.1) is 12.6 Å². The molecule has 0 rings (SSSR count). The van der Waals surface area contributed by atoms with Crippen molar-refractivity contribution in [3.8, 4) is 0 Å². The van der Waals surface area contributed by atoms with Crippen molar-refractivity contribution in [2.24, 2.45) is 17.6 Å². The molecule has 0 spiro atoms. The van der Waals surface area contributed by atoms with Crippen LogP contribution in [0.25, 0.3) is 0 Å². The second-order valence-electron chi connectivity index (χ2n) is 6.19. The van der Waals surface area contributed by atoms with Gasteiger partial charge in [-0.1, -0.05) is 34.1 Å². The maximum atomic E-state index is 12.1. The largest absolute Gasteiger partial charge is 0.480 e. The number of carbonyl (C=O) groups excluding carboxylic acids is 2.